The molecule has 4 atom stereocenters. The minimum absolute atomic E-state index is 0.126. The molecule has 4 unspecified atom stereocenters. The molecule has 2 bridgehead atoms. The zero-order valence-electron chi connectivity index (χ0n) is 9.46. The van der Waals surface area contributed by atoms with Gasteiger partial charge in [-0.05, 0) is 25.2 Å². The van der Waals surface area contributed by atoms with E-state index < -0.39 is 6.09 Å². The van der Waals surface area contributed by atoms with Gasteiger partial charge in [0.15, 0.2) is 0 Å². The number of hydrogen-bond donors (Lipinski definition) is 0. The largest absolute Gasteiger partial charge is 0.449 e. The van der Waals surface area contributed by atoms with E-state index in [1.807, 2.05) is 12.2 Å². The van der Waals surface area contributed by atoms with Crippen LogP contribution in [-0.2, 0) is 14.3 Å². The second-order valence-electron chi connectivity index (χ2n) is 4.71. The number of fused-ring (bicyclic) bond motifs is 5. The van der Waals surface area contributed by atoms with Gasteiger partial charge >= 0.3 is 6.09 Å². The maximum Gasteiger partial charge on any atom is 0.423 e. The maximum atomic E-state index is 12.1. The van der Waals surface area contributed by atoms with Gasteiger partial charge in [0.2, 0.25) is 11.8 Å². The van der Waals surface area contributed by atoms with Crippen LogP contribution < -0.4 is 0 Å². The number of nitrogens with zero attached hydrogens (tertiary/aromatic N) is 1. The van der Waals surface area contributed by atoms with E-state index in [0.29, 0.717) is 4.90 Å². The summed E-state index contributed by atoms with van der Waals surface area (Å²) in [5, 5.41) is 0. The highest BCUT2D eigenvalue weighted by atomic mass is 16.6. The molecule has 0 aromatic heterocycles. The van der Waals surface area contributed by atoms with Crippen molar-refractivity contribution in [2.75, 3.05) is 6.61 Å². The summed E-state index contributed by atoms with van der Waals surface area (Å²) < 4.78 is 4.75. The molecule has 90 valence electrons. The lowest BCUT2D eigenvalue weighted by Gasteiger charge is -2.14. The topological polar surface area (TPSA) is 63.7 Å². The SMILES string of the molecule is CCOC(=O)N1C(=O)C2C3C=CC(C3)C2C1=O. The Morgan fingerprint density at radius 2 is 1.82 bits per heavy atom. The molecule has 5 heteroatoms. The lowest BCUT2D eigenvalue weighted by atomic mass is 9.85. The second-order valence-corrected chi connectivity index (χ2v) is 4.71. The van der Waals surface area contributed by atoms with Crippen molar-refractivity contribution in [3.63, 3.8) is 0 Å². The lowest BCUT2D eigenvalue weighted by molar-refractivity contribution is -0.138. The van der Waals surface area contributed by atoms with Crippen LogP contribution in [0.25, 0.3) is 0 Å². The molecular formula is C12H13NO4. The van der Waals surface area contributed by atoms with Crippen molar-refractivity contribution in [2.45, 2.75) is 13.3 Å². The van der Waals surface area contributed by atoms with E-state index in [1.54, 1.807) is 6.92 Å². The molecule has 1 heterocycles. The molecule has 0 radical (unpaired) electrons. The van der Waals surface area contributed by atoms with Gasteiger partial charge in [-0.1, -0.05) is 12.2 Å². The second kappa shape index (κ2) is 3.42. The van der Waals surface area contributed by atoms with E-state index in [9.17, 15) is 14.4 Å². The summed E-state index contributed by atoms with van der Waals surface area (Å²) in [6.45, 7) is 1.81. The number of rotatable bonds is 1. The zero-order valence-corrected chi connectivity index (χ0v) is 9.46. The van der Waals surface area contributed by atoms with Crippen molar-refractivity contribution in [3.8, 4) is 0 Å². The number of carbonyl (C=O) groups is 3. The van der Waals surface area contributed by atoms with Crippen LogP contribution in [0.2, 0.25) is 0 Å². The first-order valence-electron chi connectivity index (χ1n) is 5.88. The molecule has 0 N–H and O–H groups in total. The Balaban J connectivity index is 1.90. The molecule has 1 saturated carbocycles. The van der Waals surface area contributed by atoms with Crippen LogP contribution in [0, 0.1) is 23.7 Å². The number of imide groups is 3. The minimum atomic E-state index is -0.823. The number of allylic oxidation sites excluding steroid dienone is 2. The highest BCUT2D eigenvalue weighted by Gasteiger charge is 2.61. The Hall–Kier alpha value is -1.65. The molecule has 17 heavy (non-hydrogen) atoms. The highest BCUT2D eigenvalue weighted by molar-refractivity contribution is 6.16. The Bertz CT molecular complexity index is 412. The summed E-state index contributed by atoms with van der Waals surface area (Å²) in [5.74, 6) is -1.17. The first-order valence-corrected chi connectivity index (χ1v) is 5.88. The molecule has 2 aliphatic carbocycles. The van der Waals surface area contributed by atoms with Crippen LogP contribution in [-0.4, -0.2) is 29.4 Å². The van der Waals surface area contributed by atoms with Crippen LogP contribution in [0.15, 0.2) is 12.2 Å². The Morgan fingerprint density at radius 1 is 1.29 bits per heavy atom. The number of ether oxygens (including phenoxy) is 1. The summed E-state index contributed by atoms with van der Waals surface area (Å²) in [5.41, 5.74) is 0. The molecular weight excluding hydrogens is 222 g/mol. The first-order chi connectivity index (χ1) is 8.15. The molecule has 5 nitrogen and oxygen atoms in total. The van der Waals surface area contributed by atoms with Crippen LogP contribution >= 0.6 is 0 Å². The Morgan fingerprint density at radius 3 is 2.29 bits per heavy atom. The zero-order chi connectivity index (χ0) is 12.2. The highest BCUT2D eigenvalue weighted by Crippen LogP contribution is 2.52. The van der Waals surface area contributed by atoms with E-state index in [0.717, 1.165) is 6.42 Å². The van der Waals surface area contributed by atoms with Gasteiger partial charge in [0, 0.05) is 0 Å². The van der Waals surface area contributed by atoms with Crippen molar-refractivity contribution < 1.29 is 19.1 Å². The van der Waals surface area contributed by atoms with E-state index in [1.165, 1.54) is 0 Å². The third kappa shape index (κ3) is 1.22. The maximum absolute atomic E-state index is 12.1. The average molecular weight is 235 g/mol. The van der Waals surface area contributed by atoms with Gasteiger partial charge in [0.05, 0.1) is 18.4 Å². The fourth-order valence-corrected chi connectivity index (χ4v) is 3.27. The number of hydrogen-bond acceptors (Lipinski definition) is 4. The van der Waals surface area contributed by atoms with Crippen LogP contribution in [0.5, 0.6) is 0 Å². The van der Waals surface area contributed by atoms with Crippen molar-refractivity contribution in [3.05, 3.63) is 12.2 Å². The molecule has 0 aromatic rings. The molecule has 1 aliphatic heterocycles. The molecule has 3 aliphatic rings. The smallest absolute Gasteiger partial charge is 0.423 e. The first kappa shape index (κ1) is 10.5. The molecule has 0 spiro atoms. The van der Waals surface area contributed by atoms with E-state index in [2.05, 4.69) is 0 Å². The summed E-state index contributed by atoms with van der Waals surface area (Å²) in [7, 11) is 0. The average Bonchev–Trinajstić information content (AvgIpc) is 2.93. The van der Waals surface area contributed by atoms with Crippen LogP contribution in [0.3, 0.4) is 0 Å². The number of likely N-dealkylation sites (tertiary alicyclic amines) is 1. The van der Waals surface area contributed by atoms with Crippen LogP contribution in [0.4, 0.5) is 4.79 Å². The summed E-state index contributed by atoms with van der Waals surface area (Å²) >= 11 is 0. The predicted octanol–water partition coefficient (Wildman–Crippen LogP) is 0.950. The molecule has 3 amide bonds. The fraction of sp³-hybridized carbons (Fsp3) is 0.583. The lowest BCUT2D eigenvalue weighted by Crippen LogP contribution is -2.38. The summed E-state index contributed by atoms with van der Waals surface area (Å²) in [4.78, 5) is 36.4. The number of carbonyl (C=O) groups excluding carboxylic acids is 3. The van der Waals surface area contributed by atoms with Gasteiger partial charge in [-0.25, -0.2) is 4.79 Å². The van der Waals surface area contributed by atoms with Gasteiger partial charge in [0.1, 0.15) is 0 Å². The van der Waals surface area contributed by atoms with Gasteiger partial charge < -0.3 is 4.74 Å². The van der Waals surface area contributed by atoms with Crippen molar-refractivity contribution in [1.82, 2.24) is 4.90 Å². The van der Waals surface area contributed by atoms with Gasteiger partial charge in [0.25, 0.3) is 0 Å². The van der Waals surface area contributed by atoms with E-state index in [4.69, 9.17) is 4.74 Å². The van der Waals surface area contributed by atoms with E-state index >= 15 is 0 Å². The standard InChI is InChI=1S/C12H13NO4/c1-2-17-12(16)13-10(14)8-6-3-4-7(5-6)9(8)11(13)15/h3-4,6-9H,2,5H2,1H3. The predicted molar refractivity (Wildman–Crippen MR) is 56.6 cm³/mol. The third-order valence-corrected chi connectivity index (χ3v) is 3.92. The van der Waals surface area contributed by atoms with Crippen molar-refractivity contribution in [2.24, 2.45) is 23.7 Å². The Labute approximate surface area is 98.4 Å². The fourth-order valence-electron chi connectivity index (χ4n) is 3.27. The van der Waals surface area contributed by atoms with Crippen LogP contribution in [0.1, 0.15) is 13.3 Å². The molecule has 0 aromatic carbocycles. The quantitative estimate of drug-likeness (QED) is 0.501. The summed E-state index contributed by atoms with van der Waals surface area (Å²) in [6.07, 6.45) is 4.03. The van der Waals surface area contributed by atoms with Crippen molar-refractivity contribution in [1.29, 1.82) is 0 Å². The monoisotopic (exact) mass is 235 g/mol. The molecule has 1 saturated heterocycles. The normalized spacial score (nSPS) is 37.8. The number of amides is 3. The van der Waals surface area contributed by atoms with Gasteiger partial charge in [-0.3, -0.25) is 9.59 Å². The summed E-state index contributed by atoms with van der Waals surface area (Å²) in [6, 6.07) is 0. The Kier molecular flexibility index (Phi) is 2.11. The molecule has 3 rings (SSSR count). The van der Waals surface area contributed by atoms with E-state index in [-0.39, 0.29) is 42.1 Å². The van der Waals surface area contributed by atoms with Crippen molar-refractivity contribution >= 4 is 17.9 Å². The minimum Gasteiger partial charge on any atom is -0.449 e. The van der Waals surface area contributed by atoms with Gasteiger partial charge in [-0.2, -0.15) is 4.90 Å². The van der Waals surface area contributed by atoms with Gasteiger partial charge in [-0.15, -0.1) is 0 Å². The molecule has 2 fully saturated rings. The third-order valence-electron chi connectivity index (χ3n) is 3.92.